The van der Waals surface area contributed by atoms with Gasteiger partial charge in [-0.1, -0.05) is 0 Å². The van der Waals surface area contributed by atoms with Gasteiger partial charge >= 0.3 is 0 Å². The molecule has 0 saturated carbocycles. The van der Waals surface area contributed by atoms with E-state index in [-0.39, 0.29) is 0 Å². The molecule has 1 fully saturated rings. The lowest BCUT2D eigenvalue weighted by Gasteiger charge is -2.20. The standard InChI is InChI=1S/C12H18N4O/c1-9-10-7-17-8-11(10)15-12(14-9)16-5-2-3-13-4-6-16/h13H,2-8H2,1H3. The van der Waals surface area contributed by atoms with E-state index in [1.54, 1.807) is 0 Å². The zero-order valence-corrected chi connectivity index (χ0v) is 10.2. The summed E-state index contributed by atoms with van der Waals surface area (Å²) in [5.41, 5.74) is 3.33. The third-order valence-electron chi connectivity index (χ3n) is 3.40. The zero-order chi connectivity index (χ0) is 11.7. The van der Waals surface area contributed by atoms with Gasteiger partial charge in [-0.25, -0.2) is 9.97 Å². The van der Waals surface area contributed by atoms with Gasteiger partial charge in [0, 0.05) is 30.9 Å². The molecule has 0 aliphatic carbocycles. The fourth-order valence-electron chi connectivity index (χ4n) is 2.38. The normalized spacial score (nSPS) is 20.2. The van der Waals surface area contributed by atoms with E-state index in [9.17, 15) is 0 Å². The van der Waals surface area contributed by atoms with Crippen molar-refractivity contribution in [2.75, 3.05) is 31.1 Å². The predicted octanol–water partition coefficient (Wildman–Crippen LogP) is 0.615. The van der Waals surface area contributed by atoms with E-state index in [1.807, 2.05) is 0 Å². The number of nitrogens with one attached hydrogen (secondary N) is 1. The molecule has 0 atom stereocenters. The quantitative estimate of drug-likeness (QED) is 0.771. The first kappa shape index (κ1) is 10.9. The topological polar surface area (TPSA) is 50.3 Å². The molecule has 2 aliphatic heterocycles. The molecule has 92 valence electrons. The van der Waals surface area contributed by atoms with Crippen LogP contribution in [0.3, 0.4) is 0 Å². The summed E-state index contributed by atoms with van der Waals surface area (Å²) in [7, 11) is 0. The SMILES string of the molecule is Cc1nc(N2CCCNCC2)nc2c1COC2. The van der Waals surface area contributed by atoms with Crippen LogP contribution in [0.5, 0.6) is 0 Å². The number of fused-ring (bicyclic) bond motifs is 1. The molecule has 3 heterocycles. The van der Waals surface area contributed by atoms with Crippen LogP contribution in [0.4, 0.5) is 5.95 Å². The third-order valence-corrected chi connectivity index (χ3v) is 3.40. The van der Waals surface area contributed by atoms with Crippen molar-refractivity contribution in [1.82, 2.24) is 15.3 Å². The van der Waals surface area contributed by atoms with Crippen LogP contribution in [0.15, 0.2) is 0 Å². The summed E-state index contributed by atoms with van der Waals surface area (Å²) >= 11 is 0. The summed E-state index contributed by atoms with van der Waals surface area (Å²) in [6.07, 6.45) is 1.15. The second kappa shape index (κ2) is 4.58. The van der Waals surface area contributed by atoms with Crippen LogP contribution in [-0.4, -0.2) is 36.1 Å². The van der Waals surface area contributed by atoms with Gasteiger partial charge < -0.3 is 15.0 Å². The monoisotopic (exact) mass is 234 g/mol. The molecule has 0 radical (unpaired) electrons. The van der Waals surface area contributed by atoms with Crippen molar-refractivity contribution < 1.29 is 4.74 Å². The molecule has 5 nitrogen and oxygen atoms in total. The molecule has 1 N–H and O–H groups in total. The summed E-state index contributed by atoms with van der Waals surface area (Å²) in [5, 5.41) is 3.39. The van der Waals surface area contributed by atoms with Gasteiger partial charge in [0.1, 0.15) is 0 Å². The van der Waals surface area contributed by atoms with Gasteiger partial charge in [0.15, 0.2) is 0 Å². The van der Waals surface area contributed by atoms with Crippen LogP contribution in [0.25, 0.3) is 0 Å². The first-order valence-corrected chi connectivity index (χ1v) is 6.24. The van der Waals surface area contributed by atoms with Crippen LogP contribution in [0.2, 0.25) is 0 Å². The highest BCUT2D eigenvalue weighted by Crippen LogP contribution is 2.23. The molecule has 2 aliphatic rings. The Morgan fingerprint density at radius 2 is 2.12 bits per heavy atom. The van der Waals surface area contributed by atoms with Crippen LogP contribution in [-0.2, 0) is 18.0 Å². The Hall–Kier alpha value is -1.20. The lowest BCUT2D eigenvalue weighted by atomic mass is 10.2. The number of nitrogens with zero attached hydrogens (tertiary/aromatic N) is 3. The number of ether oxygens (including phenoxy) is 1. The van der Waals surface area contributed by atoms with Crippen molar-refractivity contribution in [3.05, 3.63) is 17.0 Å². The molecule has 17 heavy (non-hydrogen) atoms. The Labute approximate surface area is 101 Å². The summed E-state index contributed by atoms with van der Waals surface area (Å²) in [6, 6.07) is 0. The summed E-state index contributed by atoms with van der Waals surface area (Å²) in [6.45, 7) is 7.47. The Kier molecular flexibility index (Phi) is 2.94. The molecule has 1 aromatic rings. The Bertz CT molecular complexity index is 413. The van der Waals surface area contributed by atoms with Gasteiger partial charge in [-0.2, -0.15) is 0 Å². The molecule has 1 aromatic heterocycles. The largest absolute Gasteiger partial charge is 0.370 e. The maximum atomic E-state index is 5.43. The number of aromatic nitrogens is 2. The first-order valence-electron chi connectivity index (χ1n) is 6.24. The van der Waals surface area contributed by atoms with Crippen molar-refractivity contribution in [3.8, 4) is 0 Å². The maximum absolute atomic E-state index is 5.43. The summed E-state index contributed by atoms with van der Waals surface area (Å²) < 4.78 is 5.43. The van der Waals surface area contributed by atoms with E-state index in [2.05, 4.69) is 27.1 Å². The highest BCUT2D eigenvalue weighted by molar-refractivity contribution is 5.37. The lowest BCUT2D eigenvalue weighted by molar-refractivity contribution is 0.133. The highest BCUT2D eigenvalue weighted by Gasteiger charge is 2.20. The van der Waals surface area contributed by atoms with Crippen LogP contribution in [0.1, 0.15) is 23.4 Å². The molecule has 0 bridgehead atoms. The third kappa shape index (κ3) is 2.12. The number of rotatable bonds is 1. The van der Waals surface area contributed by atoms with Crippen LogP contribution < -0.4 is 10.2 Å². The summed E-state index contributed by atoms with van der Waals surface area (Å²) in [5.74, 6) is 0.871. The lowest BCUT2D eigenvalue weighted by Crippen LogP contribution is -2.30. The number of hydrogen-bond donors (Lipinski definition) is 1. The highest BCUT2D eigenvalue weighted by atomic mass is 16.5. The van der Waals surface area contributed by atoms with E-state index in [0.717, 1.165) is 49.9 Å². The minimum atomic E-state index is 0.637. The van der Waals surface area contributed by atoms with E-state index in [1.165, 1.54) is 5.56 Å². The van der Waals surface area contributed by atoms with E-state index in [4.69, 9.17) is 4.74 Å². The number of aryl methyl sites for hydroxylation is 1. The first-order chi connectivity index (χ1) is 8.34. The molecular weight excluding hydrogens is 216 g/mol. The molecule has 1 saturated heterocycles. The van der Waals surface area contributed by atoms with Gasteiger partial charge in [0.25, 0.3) is 0 Å². The summed E-state index contributed by atoms with van der Waals surface area (Å²) in [4.78, 5) is 11.5. The van der Waals surface area contributed by atoms with Gasteiger partial charge in [-0.15, -0.1) is 0 Å². The van der Waals surface area contributed by atoms with Crippen molar-refractivity contribution in [3.63, 3.8) is 0 Å². The Morgan fingerprint density at radius 1 is 1.18 bits per heavy atom. The minimum absolute atomic E-state index is 0.637. The molecule has 0 unspecified atom stereocenters. The van der Waals surface area contributed by atoms with Gasteiger partial charge in [-0.05, 0) is 19.9 Å². The van der Waals surface area contributed by atoms with Gasteiger partial charge in [0.2, 0.25) is 5.95 Å². The van der Waals surface area contributed by atoms with Gasteiger partial charge in [0.05, 0.1) is 18.9 Å². The molecule has 0 aromatic carbocycles. The smallest absolute Gasteiger partial charge is 0.225 e. The number of anilines is 1. The average Bonchev–Trinajstić information content (AvgIpc) is 2.63. The Morgan fingerprint density at radius 3 is 3.06 bits per heavy atom. The van der Waals surface area contributed by atoms with Gasteiger partial charge in [-0.3, -0.25) is 0 Å². The minimum Gasteiger partial charge on any atom is -0.370 e. The fourth-order valence-corrected chi connectivity index (χ4v) is 2.38. The van der Waals surface area contributed by atoms with E-state index < -0.39 is 0 Å². The van der Waals surface area contributed by atoms with Crippen molar-refractivity contribution in [2.45, 2.75) is 26.6 Å². The number of hydrogen-bond acceptors (Lipinski definition) is 5. The van der Waals surface area contributed by atoms with Crippen LogP contribution in [0, 0.1) is 6.92 Å². The zero-order valence-electron chi connectivity index (χ0n) is 10.2. The van der Waals surface area contributed by atoms with Crippen molar-refractivity contribution in [2.24, 2.45) is 0 Å². The van der Waals surface area contributed by atoms with E-state index >= 15 is 0 Å². The predicted molar refractivity (Wildman–Crippen MR) is 65.0 cm³/mol. The molecule has 5 heteroatoms. The molecule has 3 rings (SSSR count). The van der Waals surface area contributed by atoms with E-state index in [0.29, 0.717) is 13.2 Å². The molecular formula is C12H18N4O. The second-order valence-corrected chi connectivity index (χ2v) is 4.62. The average molecular weight is 234 g/mol. The Balaban J connectivity index is 1.89. The second-order valence-electron chi connectivity index (χ2n) is 4.62. The fraction of sp³-hybridized carbons (Fsp3) is 0.667. The molecule has 0 amide bonds. The maximum Gasteiger partial charge on any atom is 0.225 e. The van der Waals surface area contributed by atoms with Crippen molar-refractivity contribution in [1.29, 1.82) is 0 Å². The molecule has 0 spiro atoms. The van der Waals surface area contributed by atoms with Crippen LogP contribution >= 0.6 is 0 Å². The van der Waals surface area contributed by atoms with Crippen molar-refractivity contribution >= 4 is 5.95 Å².